The van der Waals surface area contributed by atoms with Crippen molar-refractivity contribution in [3.63, 3.8) is 0 Å². The van der Waals surface area contributed by atoms with E-state index in [0.29, 0.717) is 0 Å². The van der Waals surface area contributed by atoms with E-state index in [2.05, 4.69) is 16.6 Å². The summed E-state index contributed by atoms with van der Waals surface area (Å²) >= 11 is 3.68. The van der Waals surface area contributed by atoms with Crippen molar-refractivity contribution < 1.29 is 0 Å². The Morgan fingerprint density at radius 1 is 1.73 bits per heavy atom. The van der Waals surface area contributed by atoms with Crippen molar-refractivity contribution in [1.82, 2.24) is 4.98 Å². The molecule has 0 aliphatic heterocycles. The third kappa shape index (κ3) is 1.76. The van der Waals surface area contributed by atoms with Crippen LogP contribution < -0.4 is 0 Å². The molecule has 1 fully saturated rings. The SMILES string of the molecule is CSCc1csc(C2CC2)n1. The Bertz CT molecular complexity index is 240. The Balaban J connectivity index is 2.06. The summed E-state index contributed by atoms with van der Waals surface area (Å²) in [6.07, 6.45) is 4.86. The summed E-state index contributed by atoms with van der Waals surface area (Å²) in [6.45, 7) is 0. The van der Waals surface area contributed by atoms with Gasteiger partial charge in [-0.1, -0.05) is 0 Å². The summed E-state index contributed by atoms with van der Waals surface area (Å²) < 4.78 is 0. The molecule has 0 saturated heterocycles. The molecule has 0 unspecified atom stereocenters. The molecule has 1 aliphatic carbocycles. The van der Waals surface area contributed by atoms with Crippen LogP contribution in [0.5, 0.6) is 0 Å². The molecule has 0 radical (unpaired) electrons. The molecule has 1 saturated carbocycles. The fourth-order valence-electron chi connectivity index (χ4n) is 1.05. The largest absolute Gasteiger partial charge is 0.245 e. The zero-order chi connectivity index (χ0) is 7.68. The van der Waals surface area contributed by atoms with Gasteiger partial charge in [0.2, 0.25) is 0 Å². The zero-order valence-electron chi connectivity index (χ0n) is 6.54. The molecule has 1 heterocycles. The summed E-state index contributed by atoms with van der Waals surface area (Å²) in [5.74, 6) is 1.90. The molecule has 1 nitrogen and oxygen atoms in total. The fraction of sp³-hybridized carbons (Fsp3) is 0.625. The Morgan fingerprint density at radius 3 is 3.18 bits per heavy atom. The molecule has 1 aliphatic rings. The van der Waals surface area contributed by atoms with Gasteiger partial charge in [-0.25, -0.2) is 4.98 Å². The monoisotopic (exact) mass is 185 g/mol. The highest BCUT2D eigenvalue weighted by Gasteiger charge is 2.26. The summed E-state index contributed by atoms with van der Waals surface area (Å²) in [6, 6.07) is 0. The summed E-state index contributed by atoms with van der Waals surface area (Å²) in [5, 5.41) is 3.57. The molecule has 1 aromatic heterocycles. The van der Waals surface area contributed by atoms with Crippen LogP contribution in [0.25, 0.3) is 0 Å². The Labute approximate surface area is 75.2 Å². The van der Waals surface area contributed by atoms with Gasteiger partial charge in [-0.3, -0.25) is 0 Å². The first-order valence-electron chi connectivity index (χ1n) is 3.83. The van der Waals surface area contributed by atoms with E-state index >= 15 is 0 Å². The lowest BCUT2D eigenvalue weighted by Crippen LogP contribution is -1.81. The van der Waals surface area contributed by atoms with E-state index < -0.39 is 0 Å². The first-order valence-corrected chi connectivity index (χ1v) is 6.10. The maximum Gasteiger partial charge on any atom is 0.0959 e. The van der Waals surface area contributed by atoms with Gasteiger partial charge in [0, 0.05) is 17.1 Å². The standard InChI is InChI=1S/C8H11NS2/c1-10-4-7-5-11-8(9-7)6-2-3-6/h5-6H,2-4H2,1H3. The first kappa shape index (κ1) is 7.62. The van der Waals surface area contributed by atoms with Crippen LogP contribution in [0.15, 0.2) is 5.38 Å². The lowest BCUT2D eigenvalue weighted by Gasteiger charge is -1.88. The van der Waals surface area contributed by atoms with Gasteiger partial charge < -0.3 is 0 Å². The third-order valence-corrected chi connectivity index (χ3v) is 3.43. The highest BCUT2D eigenvalue weighted by Crippen LogP contribution is 2.41. The van der Waals surface area contributed by atoms with Crippen LogP contribution in [0.1, 0.15) is 29.5 Å². The first-order chi connectivity index (χ1) is 5.40. The lowest BCUT2D eigenvalue weighted by atomic mass is 10.4. The van der Waals surface area contributed by atoms with Gasteiger partial charge in [0.05, 0.1) is 10.7 Å². The highest BCUT2D eigenvalue weighted by atomic mass is 32.2. The van der Waals surface area contributed by atoms with Crippen LogP contribution in [0, 0.1) is 0 Å². The van der Waals surface area contributed by atoms with E-state index in [1.54, 1.807) is 0 Å². The molecule has 0 spiro atoms. The maximum absolute atomic E-state index is 4.56. The minimum absolute atomic E-state index is 0.829. The number of hydrogen-bond donors (Lipinski definition) is 0. The molecular formula is C8H11NS2. The molecule has 0 aromatic carbocycles. The second kappa shape index (κ2) is 3.15. The quantitative estimate of drug-likeness (QED) is 0.718. The summed E-state index contributed by atoms with van der Waals surface area (Å²) in [4.78, 5) is 4.56. The number of thiazole rings is 1. The van der Waals surface area contributed by atoms with Crippen LogP contribution in [0.3, 0.4) is 0 Å². The number of aromatic nitrogens is 1. The minimum Gasteiger partial charge on any atom is -0.245 e. The molecule has 11 heavy (non-hydrogen) atoms. The van der Waals surface area contributed by atoms with Crippen LogP contribution >= 0.6 is 23.1 Å². The van der Waals surface area contributed by atoms with Gasteiger partial charge in [-0.2, -0.15) is 11.8 Å². The van der Waals surface area contributed by atoms with Gasteiger partial charge >= 0.3 is 0 Å². The van der Waals surface area contributed by atoms with E-state index in [-0.39, 0.29) is 0 Å². The van der Waals surface area contributed by atoms with E-state index in [1.807, 2.05) is 23.1 Å². The second-order valence-corrected chi connectivity index (χ2v) is 4.64. The van der Waals surface area contributed by atoms with E-state index in [0.717, 1.165) is 11.7 Å². The average molecular weight is 185 g/mol. The van der Waals surface area contributed by atoms with Gasteiger partial charge in [0.15, 0.2) is 0 Å². The molecule has 0 amide bonds. The van der Waals surface area contributed by atoms with Crippen LogP contribution in [0.2, 0.25) is 0 Å². The Morgan fingerprint density at radius 2 is 2.55 bits per heavy atom. The number of rotatable bonds is 3. The normalized spacial score (nSPS) is 17.2. The highest BCUT2D eigenvalue weighted by molar-refractivity contribution is 7.97. The Hall–Kier alpha value is -0.0200. The Kier molecular flexibility index (Phi) is 2.18. The molecule has 1 aromatic rings. The van der Waals surface area contributed by atoms with Gasteiger partial charge in [-0.15, -0.1) is 11.3 Å². The molecular weight excluding hydrogens is 174 g/mol. The average Bonchev–Trinajstić information content (AvgIpc) is 2.75. The van der Waals surface area contributed by atoms with E-state index in [4.69, 9.17) is 0 Å². The topological polar surface area (TPSA) is 12.9 Å². The smallest absolute Gasteiger partial charge is 0.0959 e. The minimum atomic E-state index is 0.829. The predicted molar refractivity (Wildman–Crippen MR) is 51.3 cm³/mol. The van der Waals surface area contributed by atoms with Gasteiger partial charge in [0.1, 0.15) is 0 Å². The third-order valence-electron chi connectivity index (χ3n) is 1.79. The lowest BCUT2D eigenvalue weighted by molar-refractivity contribution is 1.05. The maximum atomic E-state index is 4.56. The van der Waals surface area contributed by atoms with Crippen molar-refractivity contribution in [3.8, 4) is 0 Å². The molecule has 0 N–H and O–H groups in total. The molecule has 0 bridgehead atoms. The van der Waals surface area contributed by atoms with Crippen LogP contribution in [-0.4, -0.2) is 11.2 Å². The van der Waals surface area contributed by atoms with Gasteiger partial charge in [0.25, 0.3) is 0 Å². The second-order valence-electron chi connectivity index (χ2n) is 2.88. The van der Waals surface area contributed by atoms with Gasteiger partial charge in [-0.05, 0) is 19.1 Å². The van der Waals surface area contributed by atoms with Crippen molar-refractivity contribution in [3.05, 3.63) is 16.1 Å². The molecule has 0 atom stereocenters. The van der Waals surface area contributed by atoms with Crippen LogP contribution in [0.4, 0.5) is 0 Å². The summed E-state index contributed by atoms with van der Waals surface area (Å²) in [7, 11) is 0. The molecule has 3 heteroatoms. The molecule has 60 valence electrons. The number of hydrogen-bond acceptors (Lipinski definition) is 3. The number of thioether (sulfide) groups is 1. The predicted octanol–water partition coefficient (Wildman–Crippen LogP) is 2.88. The molecule has 2 rings (SSSR count). The van der Waals surface area contributed by atoms with Crippen molar-refractivity contribution >= 4 is 23.1 Å². The van der Waals surface area contributed by atoms with Crippen molar-refractivity contribution in [2.45, 2.75) is 24.5 Å². The van der Waals surface area contributed by atoms with Crippen molar-refractivity contribution in [1.29, 1.82) is 0 Å². The zero-order valence-corrected chi connectivity index (χ0v) is 8.17. The van der Waals surface area contributed by atoms with Crippen molar-refractivity contribution in [2.24, 2.45) is 0 Å². The van der Waals surface area contributed by atoms with E-state index in [1.165, 1.54) is 23.5 Å². The van der Waals surface area contributed by atoms with Crippen LogP contribution in [-0.2, 0) is 5.75 Å². The van der Waals surface area contributed by atoms with E-state index in [9.17, 15) is 0 Å². The fourth-order valence-corrected chi connectivity index (χ4v) is 2.59. The van der Waals surface area contributed by atoms with Crippen molar-refractivity contribution in [2.75, 3.05) is 6.26 Å². The summed E-state index contributed by atoms with van der Waals surface area (Å²) in [5.41, 5.74) is 1.27. The number of nitrogens with zero attached hydrogens (tertiary/aromatic N) is 1.